The van der Waals surface area contributed by atoms with E-state index in [9.17, 15) is 14.0 Å². The number of carbonyl (C=O) groups excluding carboxylic acids is 2. The van der Waals surface area contributed by atoms with E-state index >= 15 is 0 Å². The molecule has 0 N–H and O–H groups in total. The zero-order valence-corrected chi connectivity index (χ0v) is 17.6. The minimum atomic E-state index is -0.639. The van der Waals surface area contributed by atoms with E-state index in [1.165, 1.54) is 19.2 Å². The number of rotatable bonds is 3. The van der Waals surface area contributed by atoms with E-state index in [1.807, 2.05) is 30.3 Å². The summed E-state index contributed by atoms with van der Waals surface area (Å²) in [6, 6.07) is 15.4. The summed E-state index contributed by atoms with van der Waals surface area (Å²) in [4.78, 5) is 28.1. The molecule has 2 aliphatic heterocycles. The maximum Gasteiger partial charge on any atom is 0.331 e. The number of ether oxygens (including phenoxy) is 1. The van der Waals surface area contributed by atoms with Gasteiger partial charge in [-0.15, -0.1) is 0 Å². The van der Waals surface area contributed by atoms with Crippen LogP contribution in [0.1, 0.15) is 23.8 Å². The van der Waals surface area contributed by atoms with Crippen LogP contribution >= 0.6 is 11.8 Å². The van der Waals surface area contributed by atoms with Crippen molar-refractivity contribution in [3.05, 3.63) is 82.7 Å². The van der Waals surface area contributed by atoms with Gasteiger partial charge in [-0.25, -0.2) is 14.2 Å². The summed E-state index contributed by atoms with van der Waals surface area (Å²) in [6.07, 6.45) is 1.58. The maximum atomic E-state index is 13.5. The number of halogens is 1. The fourth-order valence-corrected chi connectivity index (χ4v) is 4.44. The van der Waals surface area contributed by atoms with E-state index in [0.717, 1.165) is 34.4 Å². The van der Waals surface area contributed by atoms with Crippen molar-refractivity contribution >= 4 is 45.5 Å². The van der Waals surface area contributed by atoms with Crippen LogP contribution in [0.2, 0.25) is 0 Å². The third kappa shape index (κ3) is 3.71. The van der Waals surface area contributed by atoms with Gasteiger partial charge in [-0.1, -0.05) is 30.3 Å². The third-order valence-electron chi connectivity index (χ3n) is 5.13. The van der Waals surface area contributed by atoms with Gasteiger partial charge >= 0.3 is 5.97 Å². The first kappa shape index (κ1) is 20.2. The second-order valence-electron chi connectivity index (χ2n) is 7.14. The molecule has 3 heterocycles. The van der Waals surface area contributed by atoms with Crippen molar-refractivity contribution in [2.24, 2.45) is 10.1 Å². The Labute approximate surface area is 186 Å². The number of para-hydroxylation sites is 1. The molecule has 0 bridgehead atoms. The Morgan fingerprint density at radius 2 is 2.03 bits per heavy atom. The van der Waals surface area contributed by atoms with Crippen molar-refractivity contribution in [1.82, 2.24) is 5.01 Å². The Balaban J connectivity index is 1.52. The van der Waals surface area contributed by atoms with E-state index in [2.05, 4.69) is 9.73 Å². The third-order valence-corrected chi connectivity index (χ3v) is 6.10. The van der Waals surface area contributed by atoms with Crippen LogP contribution in [0.15, 0.2) is 80.1 Å². The molecule has 9 heteroatoms. The predicted octanol–water partition coefficient (Wildman–Crippen LogP) is 4.41. The van der Waals surface area contributed by atoms with Gasteiger partial charge in [-0.3, -0.25) is 4.79 Å². The number of hydrogen-bond acceptors (Lipinski definition) is 7. The summed E-state index contributed by atoms with van der Waals surface area (Å²) in [7, 11) is 1.24. The quantitative estimate of drug-likeness (QED) is 0.435. The second-order valence-corrected chi connectivity index (χ2v) is 8.15. The number of methoxy groups -OCH3 is 1. The van der Waals surface area contributed by atoms with Crippen LogP contribution in [0.5, 0.6) is 0 Å². The second kappa shape index (κ2) is 8.08. The lowest BCUT2D eigenvalue weighted by atomic mass is 10.0. The van der Waals surface area contributed by atoms with Crippen molar-refractivity contribution in [1.29, 1.82) is 0 Å². The molecule has 1 aromatic heterocycles. The van der Waals surface area contributed by atoms with Crippen molar-refractivity contribution in [2.45, 2.75) is 12.5 Å². The Morgan fingerprint density at radius 1 is 1.25 bits per heavy atom. The molecule has 0 fully saturated rings. The first-order valence-corrected chi connectivity index (χ1v) is 10.5. The van der Waals surface area contributed by atoms with Gasteiger partial charge in [0, 0.05) is 17.9 Å². The van der Waals surface area contributed by atoms with Crippen LogP contribution in [0, 0.1) is 5.82 Å². The van der Waals surface area contributed by atoms with E-state index in [1.54, 1.807) is 17.1 Å². The van der Waals surface area contributed by atoms with Gasteiger partial charge in [0.15, 0.2) is 10.9 Å². The molecule has 1 unspecified atom stereocenters. The topological polar surface area (TPSA) is 84.5 Å². The number of amides is 1. The molecule has 7 nitrogen and oxygen atoms in total. The van der Waals surface area contributed by atoms with Crippen molar-refractivity contribution in [3.63, 3.8) is 0 Å². The summed E-state index contributed by atoms with van der Waals surface area (Å²) in [5.74, 6) is -0.912. The smallest absolute Gasteiger partial charge is 0.331 e. The number of hydrogen-bond donors (Lipinski definition) is 0. The van der Waals surface area contributed by atoms with Crippen molar-refractivity contribution in [2.75, 3.05) is 7.11 Å². The molecule has 2 aromatic carbocycles. The molecule has 1 atom stereocenters. The van der Waals surface area contributed by atoms with Crippen LogP contribution in [0.3, 0.4) is 0 Å². The number of thioether (sulfide) groups is 1. The first-order chi connectivity index (χ1) is 15.5. The SMILES string of the molecule is COC(=O)/C=C1/SC(N2N=C(c3cc4ccccc4o3)CC2c2ccc(F)cc2)=NC1=O. The number of fused-ring (bicyclic) bond motifs is 1. The molecular formula is C23H16FN3O4S. The summed E-state index contributed by atoms with van der Waals surface area (Å²) >= 11 is 1.04. The number of carbonyl (C=O) groups is 2. The largest absolute Gasteiger partial charge is 0.466 e. The van der Waals surface area contributed by atoms with Crippen LogP contribution in [0.4, 0.5) is 4.39 Å². The highest BCUT2D eigenvalue weighted by molar-refractivity contribution is 8.18. The van der Waals surface area contributed by atoms with Crippen molar-refractivity contribution < 1.29 is 23.1 Å². The van der Waals surface area contributed by atoms with Crippen LogP contribution in [0.25, 0.3) is 11.0 Å². The first-order valence-electron chi connectivity index (χ1n) is 9.73. The molecule has 0 saturated carbocycles. The van der Waals surface area contributed by atoms with Gasteiger partial charge < -0.3 is 9.15 Å². The molecule has 0 aliphatic carbocycles. The van der Waals surface area contributed by atoms with Crippen molar-refractivity contribution in [3.8, 4) is 0 Å². The number of benzene rings is 2. The Kier molecular flexibility index (Phi) is 5.10. The lowest BCUT2D eigenvalue weighted by Gasteiger charge is -2.22. The van der Waals surface area contributed by atoms with Gasteiger partial charge in [0.25, 0.3) is 5.91 Å². The van der Waals surface area contributed by atoms with E-state index < -0.39 is 11.9 Å². The molecule has 2 aliphatic rings. The number of nitrogens with zero attached hydrogens (tertiary/aromatic N) is 3. The Bertz CT molecular complexity index is 1290. The van der Waals surface area contributed by atoms with Crippen LogP contribution in [-0.4, -0.2) is 34.9 Å². The number of esters is 1. The van der Waals surface area contributed by atoms with E-state index in [4.69, 9.17) is 9.52 Å². The summed E-state index contributed by atoms with van der Waals surface area (Å²) in [5.41, 5.74) is 2.23. The number of aliphatic imine (C=N–C) groups is 1. The minimum Gasteiger partial charge on any atom is -0.466 e. The maximum absolute atomic E-state index is 13.5. The molecule has 160 valence electrons. The number of furan rings is 1. The lowest BCUT2D eigenvalue weighted by Crippen LogP contribution is -2.23. The summed E-state index contributed by atoms with van der Waals surface area (Å²) < 4.78 is 24.1. The molecule has 5 rings (SSSR count). The fraction of sp³-hybridized carbons (Fsp3) is 0.130. The summed E-state index contributed by atoms with van der Waals surface area (Å²) in [5, 5.41) is 7.60. The van der Waals surface area contributed by atoms with Gasteiger partial charge in [0.1, 0.15) is 17.1 Å². The highest BCUT2D eigenvalue weighted by Gasteiger charge is 2.37. The number of hydrazone groups is 1. The van der Waals surface area contributed by atoms with E-state index in [-0.39, 0.29) is 16.8 Å². The molecule has 1 amide bonds. The average Bonchev–Trinajstić information content (AvgIpc) is 3.51. The summed E-state index contributed by atoms with van der Waals surface area (Å²) in [6.45, 7) is 0. The average molecular weight is 449 g/mol. The lowest BCUT2D eigenvalue weighted by molar-refractivity contribution is -0.135. The standard InChI is InChI=1S/C23H16FN3O4S/c1-30-21(28)12-20-22(29)25-23(32-20)27-17(13-6-8-15(24)9-7-13)11-16(26-27)19-10-14-4-2-3-5-18(14)31-19/h2-10,12,17H,11H2,1H3/b20-12+. The van der Waals surface area contributed by atoms with Gasteiger partial charge in [-0.2, -0.15) is 10.1 Å². The molecule has 0 spiro atoms. The molecule has 0 saturated heterocycles. The van der Waals surface area contributed by atoms with Crippen LogP contribution in [-0.2, 0) is 14.3 Å². The van der Waals surface area contributed by atoms with Crippen LogP contribution < -0.4 is 0 Å². The Morgan fingerprint density at radius 3 is 2.78 bits per heavy atom. The fourth-order valence-electron chi connectivity index (χ4n) is 3.57. The normalized spacial score (nSPS) is 19.6. The number of amidine groups is 1. The molecule has 0 radical (unpaired) electrons. The van der Waals surface area contributed by atoms with Gasteiger partial charge in [0.05, 0.1) is 18.1 Å². The predicted molar refractivity (Wildman–Crippen MR) is 118 cm³/mol. The zero-order valence-electron chi connectivity index (χ0n) is 16.8. The van der Waals surface area contributed by atoms with Gasteiger partial charge in [-0.05, 0) is 41.6 Å². The minimum absolute atomic E-state index is 0.150. The van der Waals surface area contributed by atoms with Gasteiger partial charge in [0.2, 0.25) is 0 Å². The zero-order chi connectivity index (χ0) is 22.2. The van der Waals surface area contributed by atoms with E-state index in [0.29, 0.717) is 23.1 Å². The molecular weight excluding hydrogens is 433 g/mol. The Hall–Kier alpha value is -3.72. The highest BCUT2D eigenvalue weighted by atomic mass is 32.2. The monoisotopic (exact) mass is 449 g/mol. The molecule has 32 heavy (non-hydrogen) atoms. The molecule has 3 aromatic rings. The highest BCUT2D eigenvalue weighted by Crippen LogP contribution is 2.39.